The Balaban J connectivity index is 1.58. The molecule has 0 saturated carbocycles. The van der Waals surface area contributed by atoms with E-state index in [1.54, 1.807) is 22.3 Å². The molecular formula is C27H29N3O5S. The predicted molar refractivity (Wildman–Crippen MR) is 138 cm³/mol. The van der Waals surface area contributed by atoms with Gasteiger partial charge in [-0.05, 0) is 48.4 Å². The maximum Gasteiger partial charge on any atom is 0.270 e. The third-order valence-electron chi connectivity index (χ3n) is 6.24. The quantitative estimate of drug-likeness (QED) is 0.290. The number of rotatable bonds is 10. The number of hydrogen-bond donors (Lipinski definition) is 0. The summed E-state index contributed by atoms with van der Waals surface area (Å²) in [7, 11) is 0. The molecule has 2 amide bonds. The lowest BCUT2D eigenvalue weighted by Crippen LogP contribution is -2.45. The summed E-state index contributed by atoms with van der Waals surface area (Å²) in [6.45, 7) is 3.61. The van der Waals surface area contributed by atoms with Gasteiger partial charge < -0.3 is 14.5 Å². The lowest BCUT2D eigenvalue weighted by molar-refractivity contribution is -0.384. The molecular weight excluding hydrogens is 478 g/mol. The Morgan fingerprint density at radius 2 is 1.89 bits per heavy atom. The maximum atomic E-state index is 13.7. The number of nitro benzene ring substituents is 1. The van der Waals surface area contributed by atoms with Crippen LogP contribution in [-0.4, -0.2) is 52.3 Å². The zero-order valence-electron chi connectivity index (χ0n) is 20.2. The highest BCUT2D eigenvalue weighted by Gasteiger charge is 2.28. The van der Waals surface area contributed by atoms with E-state index in [0.29, 0.717) is 19.7 Å². The first-order valence-corrected chi connectivity index (χ1v) is 12.8. The van der Waals surface area contributed by atoms with Crippen molar-refractivity contribution in [2.75, 3.05) is 19.7 Å². The van der Waals surface area contributed by atoms with Gasteiger partial charge in [0.2, 0.25) is 5.91 Å². The monoisotopic (exact) mass is 507 g/mol. The summed E-state index contributed by atoms with van der Waals surface area (Å²) in [6.07, 6.45) is 1.53. The molecule has 2 heterocycles. The molecule has 3 aromatic rings. The van der Waals surface area contributed by atoms with E-state index in [4.69, 9.17) is 4.74 Å². The Morgan fingerprint density at radius 1 is 1.08 bits per heavy atom. The Morgan fingerprint density at radius 3 is 2.56 bits per heavy atom. The molecule has 1 saturated heterocycles. The zero-order valence-corrected chi connectivity index (χ0v) is 21.0. The van der Waals surface area contributed by atoms with Crippen LogP contribution in [0.1, 0.15) is 39.2 Å². The minimum Gasteiger partial charge on any atom is -0.376 e. The van der Waals surface area contributed by atoms with Crippen molar-refractivity contribution in [3.8, 4) is 0 Å². The summed E-state index contributed by atoms with van der Waals surface area (Å²) < 4.78 is 5.74. The van der Waals surface area contributed by atoms with Crippen molar-refractivity contribution in [3.63, 3.8) is 0 Å². The highest BCUT2D eigenvalue weighted by atomic mass is 32.1. The fourth-order valence-corrected chi connectivity index (χ4v) is 5.15. The lowest BCUT2D eigenvalue weighted by atomic mass is 10.1. The molecule has 36 heavy (non-hydrogen) atoms. The zero-order chi connectivity index (χ0) is 25.5. The van der Waals surface area contributed by atoms with Crippen molar-refractivity contribution in [2.24, 2.45) is 0 Å². The lowest BCUT2D eigenvalue weighted by Gasteiger charge is -2.29. The molecule has 1 aromatic heterocycles. The first-order chi connectivity index (χ1) is 17.4. The Hall–Kier alpha value is -3.56. The molecule has 1 aliphatic rings. The van der Waals surface area contributed by atoms with Gasteiger partial charge in [0.05, 0.1) is 17.6 Å². The molecule has 8 nitrogen and oxygen atoms in total. The highest BCUT2D eigenvalue weighted by molar-refractivity contribution is 7.10. The third-order valence-corrected chi connectivity index (χ3v) is 7.24. The van der Waals surface area contributed by atoms with Crippen LogP contribution in [0, 0.1) is 17.0 Å². The van der Waals surface area contributed by atoms with Gasteiger partial charge in [0.15, 0.2) is 0 Å². The van der Waals surface area contributed by atoms with Crippen molar-refractivity contribution in [3.05, 3.63) is 97.7 Å². The number of carbonyl (C=O) groups is 2. The maximum absolute atomic E-state index is 13.7. The number of amides is 2. The molecule has 188 valence electrons. The molecule has 2 aromatic carbocycles. The first-order valence-electron chi connectivity index (χ1n) is 11.9. The molecule has 1 unspecified atom stereocenters. The van der Waals surface area contributed by atoms with Gasteiger partial charge in [0, 0.05) is 42.3 Å². The molecule has 1 atom stereocenters. The molecule has 0 spiro atoms. The van der Waals surface area contributed by atoms with Crippen LogP contribution in [0.4, 0.5) is 5.69 Å². The molecule has 9 heteroatoms. The topological polar surface area (TPSA) is 93.0 Å². The van der Waals surface area contributed by atoms with Crippen LogP contribution in [-0.2, 0) is 22.6 Å². The summed E-state index contributed by atoms with van der Waals surface area (Å²) in [5, 5.41) is 13.3. The van der Waals surface area contributed by atoms with Crippen LogP contribution in [0.2, 0.25) is 0 Å². The van der Waals surface area contributed by atoms with E-state index in [9.17, 15) is 19.7 Å². The van der Waals surface area contributed by atoms with Crippen molar-refractivity contribution >= 4 is 28.8 Å². The van der Waals surface area contributed by atoms with Gasteiger partial charge in [-0.25, -0.2) is 0 Å². The van der Waals surface area contributed by atoms with Crippen LogP contribution >= 0.6 is 11.3 Å². The van der Waals surface area contributed by atoms with Crippen molar-refractivity contribution < 1.29 is 19.2 Å². The van der Waals surface area contributed by atoms with Crippen molar-refractivity contribution in [2.45, 2.75) is 39.0 Å². The van der Waals surface area contributed by atoms with E-state index < -0.39 is 10.8 Å². The molecule has 1 fully saturated rings. The van der Waals surface area contributed by atoms with Crippen LogP contribution in [0.15, 0.2) is 66.0 Å². The van der Waals surface area contributed by atoms with Crippen LogP contribution in [0.5, 0.6) is 0 Å². The first kappa shape index (κ1) is 25.5. The Labute approximate surface area is 214 Å². The molecule has 0 aliphatic carbocycles. The number of non-ortho nitro benzene ring substituents is 1. The molecule has 0 bridgehead atoms. The molecule has 0 N–H and O–H groups in total. The van der Waals surface area contributed by atoms with Gasteiger partial charge in [-0.2, -0.15) is 0 Å². The second-order valence-electron chi connectivity index (χ2n) is 8.89. The number of aryl methyl sites for hydroxylation is 1. The fraction of sp³-hybridized carbons (Fsp3) is 0.333. The predicted octanol–water partition coefficient (Wildman–Crippen LogP) is 4.81. The van der Waals surface area contributed by atoms with Crippen LogP contribution < -0.4 is 0 Å². The smallest absolute Gasteiger partial charge is 0.270 e. The number of thiophene rings is 1. The molecule has 4 rings (SSSR count). The van der Waals surface area contributed by atoms with E-state index >= 15 is 0 Å². The fourth-order valence-electron chi connectivity index (χ4n) is 4.23. The number of ether oxygens (including phenoxy) is 1. The number of hydrogen-bond acceptors (Lipinski definition) is 6. The molecule has 1 aliphatic heterocycles. The number of carbonyl (C=O) groups excluding carboxylic acids is 2. The summed E-state index contributed by atoms with van der Waals surface area (Å²) in [6, 6.07) is 17.4. The number of benzene rings is 2. The minimum atomic E-state index is -0.530. The Kier molecular flexibility index (Phi) is 8.45. The Bertz CT molecular complexity index is 1210. The molecule has 0 radical (unpaired) electrons. The minimum absolute atomic E-state index is 0.140. The SMILES string of the molecule is Cc1ccsc1CN(Cc1ccccc1)C(=O)CN(CC1CCCO1)C(=O)c1cccc([N+](=O)[O-])c1. The average Bonchev–Trinajstić information content (AvgIpc) is 3.55. The van der Waals surface area contributed by atoms with Gasteiger partial charge in [-0.1, -0.05) is 36.4 Å². The highest BCUT2D eigenvalue weighted by Crippen LogP contribution is 2.21. The summed E-state index contributed by atoms with van der Waals surface area (Å²) in [5.41, 5.74) is 2.13. The number of nitrogens with zero attached hydrogens (tertiary/aromatic N) is 3. The number of nitro groups is 1. The van der Waals surface area contributed by atoms with Gasteiger partial charge in [0.1, 0.15) is 6.54 Å². The van der Waals surface area contributed by atoms with Crippen LogP contribution in [0.3, 0.4) is 0 Å². The van der Waals surface area contributed by atoms with Gasteiger partial charge in [-0.3, -0.25) is 19.7 Å². The second-order valence-corrected chi connectivity index (χ2v) is 9.89. The van der Waals surface area contributed by atoms with E-state index in [1.165, 1.54) is 23.1 Å². The van der Waals surface area contributed by atoms with Crippen molar-refractivity contribution in [1.29, 1.82) is 0 Å². The standard InChI is InChI=1S/C27H29N3O5S/c1-20-12-14-36-25(20)18-28(16-21-7-3-2-4-8-21)26(31)19-29(17-24-11-6-13-35-24)27(32)22-9-5-10-23(15-22)30(33)34/h2-5,7-10,12,14-15,24H,6,11,13,16-19H2,1H3. The van der Waals surface area contributed by atoms with E-state index in [2.05, 4.69) is 0 Å². The largest absolute Gasteiger partial charge is 0.376 e. The average molecular weight is 508 g/mol. The summed E-state index contributed by atoms with van der Waals surface area (Å²) >= 11 is 1.60. The second kappa shape index (κ2) is 11.9. The van der Waals surface area contributed by atoms with Gasteiger partial charge in [-0.15, -0.1) is 11.3 Å². The summed E-state index contributed by atoms with van der Waals surface area (Å²) in [5.74, 6) is -0.613. The van der Waals surface area contributed by atoms with E-state index in [1.807, 2.05) is 48.7 Å². The van der Waals surface area contributed by atoms with Crippen LogP contribution in [0.25, 0.3) is 0 Å². The summed E-state index contributed by atoms with van der Waals surface area (Å²) in [4.78, 5) is 42.2. The van der Waals surface area contributed by atoms with Gasteiger partial charge >= 0.3 is 0 Å². The van der Waals surface area contributed by atoms with E-state index in [0.717, 1.165) is 28.8 Å². The third kappa shape index (κ3) is 6.56. The normalized spacial score (nSPS) is 15.0. The van der Waals surface area contributed by atoms with Crippen molar-refractivity contribution in [1.82, 2.24) is 9.80 Å². The van der Waals surface area contributed by atoms with Gasteiger partial charge in [0.25, 0.3) is 11.6 Å². The van der Waals surface area contributed by atoms with E-state index in [-0.39, 0.29) is 36.4 Å².